The Kier molecular flexibility index (Phi) is 8.50. The SMILES string of the molecule is COCc1ccc(C(=O)N2CCC(Oc3cccc(CN4CCN(Cc5cccnc5)CC4)c3)CC2)o1. The molecule has 37 heavy (non-hydrogen) atoms. The maximum atomic E-state index is 12.8. The summed E-state index contributed by atoms with van der Waals surface area (Å²) >= 11 is 0. The molecule has 0 N–H and O–H groups in total. The van der Waals surface area contributed by atoms with Crippen LogP contribution in [0.15, 0.2) is 65.3 Å². The fourth-order valence-electron chi connectivity index (χ4n) is 5.07. The van der Waals surface area contributed by atoms with Crippen LogP contribution < -0.4 is 4.74 Å². The van der Waals surface area contributed by atoms with E-state index in [1.54, 1.807) is 19.2 Å². The molecule has 2 aliphatic rings. The van der Waals surface area contributed by atoms with E-state index in [9.17, 15) is 4.79 Å². The predicted octanol–water partition coefficient (Wildman–Crippen LogP) is 3.82. The van der Waals surface area contributed by atoms with E-state index >= 15 is 0 Å². The summed E-state index contributed by atoms with van der Waals surface area (Å²) in [5.74, 6) is 1.88. The number of amides is 1. The van der Waals surface area contributed by atoms with Crippen molar-refractivity contribution in [3.8, 4) is 5.75 Å². The number of hydrogen-bond acceptors (Lipinski definition) is 7. The van der Waals surface area contributed by atoms with Gasteiger partial charge in [-0.25, -0.2) is 0 Å². The van der Waals surface area contributed by atoms with Gasteiger partial charge in [0.05, 0.1) is 0 Å². The minimum absolute atomic E-state index is 0.0664. The van der Waals surface area contributed by atoms with Crippen LogP contribution in [0.3, 0.4) is 0 Å². The quantitative estimate of drug-likeness (QED) is 0.439. The van der Waals surface area contributed by atoms with Gasteiger partial charge in [0.25, 0.3) is 5.91 Å². The molecule has 0 spiro atoms. The van der Waals surface area contributed by atoms with Gasteiger partial charge in [0.1, 0.15) is 24.2 Å². The molecule has 2 saturated heterocycles. The topological polar surface area (TPSA) is 71.3 Å². The van der Waals surface area contributed by atoms with Crippen molar-refractivity contribution in [1.29, 1.82) is 0 Å². The normalized spacial score (nSPS) is 17.7. The van der Waals surface area contributed by atoms with Crippen molar-refractivity contribution in [3.63, 3.8) is 0 Å². The van der Waals surface area contributed by atoms with E-state index < -0.39 is 0 Å². The lowest BCUT2D eigenvalue weighted by molar-refractivity contribution is 0.0560. The summed E-state index contributed by atoms with van der Waals surface area (Å²) in [4.78, 5) is 23.8. The highest BCUT2D eigenvalue weighted by molar-refractivity contribution is 5.91. The van der Waals surface area contributed by atoms with Crippen LogP contribution in [0.25, 0.3) is 0 Å². The first-order valence-electron chi connectivity index (χ1n) is 13.1. The average Bonchev–Trinajstić information content (AvgIpc) is 3.40. The number of ether oxygens (including phenoxy) is 2. The third-order valence-corrected chi connectivity index (χ3v) is 7.09. The van der Waals surface area contributed by atoms with Crippen LogP contribution in [0.5, 0.6) is 5.75 Å². The van der Waals surface area contributed by atoms with Crippen molar-refractivity contribution in [2.45, 2.75) is 38.6 Å². The minimum atomic E-state index is -0.0664. The molecule has 0 radical (unpaired) electrons. The van der Waals surface area contributed by atoms with Crippen LogP contribution in [-0.4, -0.2) is 78.1 Å². The Morgan fingerprint density at radius 1 is 0.946 bits per heavy atom. The van der Waals surface area contributed by atoms with Gasteiger partial charge in [-0.2, -0.15) is 0 Å². The van der Waals surface area contributed by atoms with Crippen molar-refractivity contribution >= 4 is 5.91 Å². The fourth-order valence-corrected chi connectivity index (χ4v) is 5.07. The van der Waals surface area contributed by atoms with E-state index in [1.807, 2.05) is 29.4 Å². The molecule has 8 heteroatoms. The molecule has 0 atom stereocenters. The molecule has 2 fully saturated rings. The van der Waals surface area contributed by atoms with Gasteiger partial charge in [-0.15, -0.1) is 0 Å². The number of piperidine rings is 1. The molecule has 0 bridgehead atoms. The molecule has 1 aromatic carbocycles. The van der Waals surface area contributed by atoms with Gasteiger partial charge in [0, 0.05) is 84.7 Å². The second-order valence-electron chi connectivity index (χ2n) is 9.87. The summed E-state index contributed by atoms with van der Waals surface area (Å²) in [5.41, 5.74) is 2.55. The predicted molar refractivity (Wildman–Crippen MR) is 140 cm³/mol. The highest BCUT2D eigenvalue weighted by Crippen LogP contribution is 2.23. The first kappa shape index (κ1) is 25.4. The third-order valence-electron chi connectivity index (χ3n) is 7.09. The maximum Gasteiger partial charge on any atom is 0.289 e. The number of benzene rings is 1. The minimum Gasteiger partial charge on any atom is -0.490 e. The van der Waals surface area contributed by atoms with Crippen molar-refractivity contribution in [3.05, 3.63) is 83.6 Å². The Morgan fingerprint density at radius 3 is 2.38 bits per heavy atom. The van der Waals surface area contributed by atoms with Crippen molar-refractivity contribution in [2.24, 2.45) is 0 Å². The number of methoxy groups -OCH3 is 1. The smallest absolute Gasteiger partial charge is 0.289 e. The summed E-state index contributed by atoms with van der Waals surface area (Å²) in [6, 6.07) is 16.1. The van der Waals surface area contributed by atoms with Crippen molar-refractivity contribution < 1.29 is 18.7 Å². The van der Waals surface area contributed by atoms with Gasteiger partial charge in [0.2, 0.25) is 0 Å². The van der Waals surface area contributed by atoms with Gasteiger partial charge < -0.3 is 18.8 Å². The van der Waals surface area contributed by atoms with Gasteiger partial charge in [-0.05, 0) is 41.5 Å². The Morgan fingerprint density at radius 2 is 1.68 bits per heavy atom. The van der Waals surface area contributed by atoms with Crippen LogP contribution in [0.1, 0.15) is 40.3 Å². The van der Waals surface area contributed by atoms with Gasteiger partial charge in [-0.3, -0.25) is 19.6 Å². The number of carbonyl (C=O) groups is 1. The van der Waals surface area contributed by atoms with E-state index in [0.29, 0.717) is 31.2 Å². The number of pyridine rings is 1. The number of hydrogen-bond donors (Lipinski definition) is 0. The lowest BCUT2D eigenvalue weighted by Crippen LogP contribution is -2.45. The molecule has 196 valence electrons. The zero-order valence-electron chi connectivity index (χ0n) is 21.6. The summed E-state index contributed by atoms with van der Waals surface area (Å²) in [5, 5.41) is 0. The van der Waals surface area contributed by atoms with Crippen molar-refractivity contribution in [1.82, 2.24) is 19.7 Å². The number of piperazine rings is 1. The third kappa shape index (κ3) is 6.97. The lowest BCUT2D eigenvalue weighted by atomic mass is 10.1. The zero-order valence-corrected chi connectivity index (χ0v) is 21.6. The van der Waals surface area contributed by atoms with E-state index in [1.165, 1.54) is 11.1 Å². The first-order chi connectivity index (χ1) is 18.2. The molecule has 0 aliphatic carbocycles. The molecule has 1 amide bonds. The molecular formula is C29H36N4O4. The van der Waals surface area contributed by atoms with E-state index in [-0.39, 0.29) is 12.0 Å². The number of carbonyl (C=O) groups excluding carboxylic acids is 1. The van der Waals surface area contributed by atoms with Crippen molar-refractivity contribution in [2.75, 3.05) is 46.4 Å². The highest BCUT2D eigenvalue weighted by atomic mass is 16.5. The monoisotopic (exact) mass is 504 g/mol. The standard InChI is InChI=1S/C29H36N4O4/c1-35-22-27-7-8-28(37-27)29(34)33-12-9-25(10-13-33)36-26-6-2-4-23(18-26)20-31-14-16-32(17-15-31)21-24-5-3-11-30-19-24/h2-8,11,18-19,25H,9-10,12-17,20-22H2,1H3. The second kappa shape index (κ2) is 12.4. The van der Waals surface area contributed by atoms with Crippen LogP contribution >= 0.6 is 0 Å². The summed E-state index contributed by atoms with van der Waals surface area (Å²) < 4.78 is 17.0. The van der Waals surface area contributed by atoms with Crippen LogP contribution in [0.2, 0.25) is 0 Å². The Labute approximate surface area is 218 Å². The lowest BCUT2D eigenvalue weighted by Gasteiger charge is -2.34. The molecule has 2 aliphatic heterocycles. The molecule has 0 saturated carbocycles. The van der Waals surface area contributed by atoms with Gasteiger partial charge >= 0.3 is 0 Å². The largest absolute Gasteiger partial charge is 0.490 e. The van der Waals surface area contributed by atoms with E-state index in [0.717, 1.165) is 57.9 Å². The Bertz CT molecular complexity index is 1140. The van der Waals surface area contributed by atoms with Crippen LogP contribution in [0.4, 0.5) is 0 Å². The molecule has 0 unspecified atom stereocenters. The maximum absolute atomic E-state index is 12.8. The molecular weight excluding hydrogens is 468 g/mol. The Balaban J connectivity index is 1.06. The molecule has 8 nitrogen and oxygen atoms in total. The van der Waals surface area contributed by atoms with Crippen LogP contribution in [0, 0.1) is 0 Å². The fraction of sp³-hybridized carbons (Fsp3) is 0.448. The van der Waals surface area contributed by atoms with Gasteiger partial charge in [0.15, 0.2) is 5.76 Å². The highest BCUT2D eigenvalue weighted by Gasteiger charge is 2.26. The molecule has 4 heterocycles. The second-order valence-corrected chi connectivity index (χ2v) is 9.87. The molecule has 5 rings (SSSR count). The number of aromatic nitrogens is 1. The summed E-state index contributed by atoms with van der Waals surface area (Å²) in [6.45, 7) is 7.82. The van der Waals surface area contributed by atoms with E-state index in [2.05, 4.69) is 39.0 Å². The van der Waals surface area contributed by atoms with Gasteiger partial charge in [-0.1, -0.05) is 18.2 Å². The number of rotatable bonds is 9. The number of likely N-dealkylation sites (tertiary alicyclic amines) is 1. The Hall–Kier alpha value is -3.20. The summed E-state index contributed by atoms with van der Waals surface area (Å²) in [7, 11) is 1.61. The average molecular weight is 505 g/mol. The summed E-state index contributed by atoms with van der Waals surface area (Å²) in [6.07, 6.45) is 5.50. The zero-order chi connectivity index (χ0) is 25.5. The molecule has 3 aromatic rings. The van der Waals surface area contributed by atoms with Crippen LogP contribution in [-0.2, 0) is 24.4 Å². The number of furan rings is 1. The number of nitrogens with zero attached hydrogens (tertiary/aromatic N) is 4. The molecule has 2 aromatic heterocycles. The van der Waals surface area contributed by atoms with E-state index in [4.69, 9.17) is 13.9 Å². The first-order valence-corrected chi connectivity index (χ1v) is 13.1.